The minimum Gasteiger partial charge on any atom is -0.446 e. The molecule has 3 aliphatic rings. The second kappa shape index (κ2) is 4.96. The summed E-state index contributed by atoms with van der Waals surface area (Å²) in [6.07, 6.45) is 1.97. The summed E-state index contributed by atoms with van der Waals surface area (Å²) in [6.45, 7) is 7.26. The maximum Gasteiger partial charge on any atom is 0.352 e. The minimum absolute atomic E-state index is 0.121. The van der Waals surface area contributed by atoms with E-state index in [4.69, 9.17) is 9.47 Å². The SMILES string of the molecule is CC1(C)[C@@]2(C(=O)O[C@]3(C)C(=O)CCc4ccccc43)CC[C@]1(C)C(=O)O2. The van der Waals surface area contributed by atoms with E-state index in [-0.39, 0.29) is 11.8 Å². The molecule has 3 atom stereocenters. The van der Waals surface area contributed by atoms with E-state index in [2.05, 4.69) is 0 Å². The van der Waals surface area contributed by atoms with E-state index in [0.717, 1.165) is 11.1 Å². The predicted molar refractivity (Wildman–Crippen MR) is 93.2 cm³/mol. The van der Waals surface area contributed by atoms with Crippen molar-refractivity contribution in [3.63, 3.8) is 0 Å². The van der Waals surface area contributed by atoms with Crippen LogP contribution in [0.15, 0.2) is 24.3 Å². The van der Waals surface area contributed by atoms with Crippen LogP contribution >= 0.6 is 0 Å². The van der Waals surface area contributed by atoms with Gasteiger partial charge in [0.05, 0.1) is 5.41 Å². The normalized spacial score (nSPS) is 37.2. The van der Waals surface area contributed by atoms with Crippen molar-refractivity contribution in [1.29, 1.82) is 0 Å². The summed E-state index contributed by atoms with van der Waals surface area (Å²) < 4.78 is 11.5. The zero-order chi connectivity index (χ0) is 19.0. The molecule has 1 aromatic carbocycles. The Balaban J connectivity index is 1.74. The largest absolute Gasteiger partial charge is 0.446 e. The highest BCUT2D eigenvalue weighted by atomic mass is 16.6. The number of benzene rings is 1. The van der Waals surface area contributed by atoms with Crippen LogP contribution < -0.4 is 0 Å². The molecule has 26 heavy (non-hydrogen) atoms. The van der Waals surface area contributed by atoms with Crippen molar-refractivity contribution in [2.75, 3.05) is 0 Å². The Bertz CT molecular complexity index is 841. The second-order valence-corrected chi connectivity index (χ2v) is 8.68. The van der Waals surface area contributed by atoms with E-state index in [0.29, 0.717) is 25.7 Å². The molecule has 0 aromatic heterocycles. The van der Waals surface area contributed by atoms with E-state index in [1.165, 1.54) is 0 Å². The highest BCUT2D eigenvalue weighted by Gasteiger charge is 2.77. The van der Waals surface area contributed by atoms with Crippen molar-refractivity contribution in [3.05, 3.63) is 35.4 Å². The lowest BCUT2D eigenvalue weighted by molar-refractivity contribution is -0.196. The number of Topliss-reactive ketones (excluding diaryl/α,β-unsaturated/α-hetero) is 1. The number of fused-ring (bicyclic) bond motifs is 3. The quantitative estimate of drug-likeness (QED) is 0.762. The molecule has 2 fully saturated rings. The second-order valence-electron chi connectivity index (χ2n) is 8.68. The summed E-state index contributed by atoms with van der Waals surface area (Å²) in [5.74, 6) is -1.08. The topological polar surface area (TPSA) is 69.7 Å². The van der Waals surface area contributed by atoms with E-state index in [9.17, 15) is 14.4 Å². The first-order chi connectivity index (χ1) is 12.1. The van der Waals surface area contributed by atoms with Crippen molar-refractivity contribution in [3.8, 4) is 0 Å². The average molecular weight is 356 g/mol. The van der Waals surface area contributed by atoms with E-state index in [1.807, 2.05) is 45.0 Å². The first-order valence-corrected chi connectivity index (χ1v) is 9.17. The Morgan fingerprint density at radius 1 is 1.04 bits per heavy atom. The van der Waals surface area contributed by atoms with Crippen molar-refractivity contribution in [1.82, 2.24) is 0 Å². The van der Waals surface area contributed by atoms with Gasteiger partial charge in [-0.3, -0.25) is 9.59 Å². The number of ether oxygens (including phenoxy) is 2. The maximum absolute atomic E-state index is 13.3. The first kappa shape index (κ1) is 17.3. The number of carbonyl (C=O) groups excluding carboxylic acids is 3. The molecule has 5 nitrogen and oxygen atoms in total. The molecule has 2 aliphatic carbocycles. The summed E-state index contributed by atoms with van der Waals surface area (Å²) in [7, 11) is 0. The molecule has 5 heteroatoms. The molecule has 1 saturated heterocycles. The third-order valence-electron chi connectivity index (χ3n) is 7.39. The zero-order valence-corrected chi connectivity index (χ0v) is 15.7. The van der Waals surface area contributed by atoms with Crippen LogP contribution in [0.2, 0.25) is 0 Å². The van der Waals surface area contributed by atoms with Crippen molar-refractivity contribution in [2.24, 2.45) is 10.8 Å². The van der Waals surface area contributed by atoms with Crippen LogP contribution in [0.4, 0.5) is 0 Å². The van der Waals surface area contributed by atoms with E-state index >= 15 is 0 Å². The van der Waals surface area contributed by atoms with Crippen molar-refractivity contribution in [2.45, 2.75) is 64.6 Å². The molecule has 2 bridgehead atoms. The van der Waals surface area contributed by atoms with Crippen LogP contribution in [0, 0.1) is 10.8 Å². The maximum atomic E-state index is 13.3. The highest BCUT2D eigenvalue weighted by Crippen LogP contribution is 2.66. The zero-order valence-electron chi connectivity index (χ0n) is 15.7. The van der Waals surface area contributed by atoms with Gasteiger partial charge in [-0.2, -0.15) is 0 Å². The smallest absolute Gasteiger partial charge is 0.352 e. The fraction of sp³-hybridized carbons (Fsp3) is 0.571. The molecule has 1 aliphatic heterocycles. The minimum atomic E-state index is -1.34. The van der Waals surface area contributed by atoms with Crippen LogP contribution in [0.5, 0.6) is 0 Å². The van der Waals surface area contributed by atoms with Gasteiger partial charge < -0.3 is 9.47 Å². The van der Waals surface area contributed by atoms with Crippen LogP contribution in [-0.2, 0) is 35.9 Å². The number of hydrogen-bond donors (Lipinski definition) is 0. The number of ketones is 1. The summed E-state index contributed by atoms with van der Waals surface area (Å²) in [6, 6.07) is 7.55. The standard InChI is InChI=1S/C21H24O5/c1-18(2)19(3)11-12-21(18,26-16(19)23)17(24)25-20(4)14-8-6-5-7-13(14)9-10-15(20)22/h5-8H,9-12H2,1-4H3/t19-,20+,21+/m1/s1. The number of rotatable bonds is 2. The number of hydrogen-bond acceptors (Lipinski definition) is 5. The molecule has 0 radical (unpaired) electrons. The Hall–Kier alpha value is -2.17. The van der Waals surface area contributed by atoms with Gasteiger partial charge in [-0.05, 0) is 38.7 Å². The Morgan fingerprint density at radius 3 is 2.35 bits per heavy atom. The summed E-state index contributed by atoms with van der Waals surface area (Å²) in [4.78, 5) is 38.5. The van der Waals surface area contributed by atoms with Crippen LogP contribution in [0.3, 0.4) is 0 Å². The number of esters is 2. The molecular formula is C21H24O5. The fourth-order valence-electron chi connectivity index (χ4n) is 4.92. The van der Waals surface area contributed by atoms with Gasteiger partial charge in [-0.15, -0.1) is 0 Å². The molecule has 1 aromatic rings. The summed E-state index contributed by atoms with van der Waals surface area (Å²) in [5.41, 5.74) is -2.33. The lowest BCUT2D eigenvalue weighted by atomic mass is 9.66. The molecule has 4 rings (SSSR count). The van der Waals surface area contributed by atoms with Gasteiger partial charge in [-0.25, -0.2) is 4.79 Å². The van der Waals surface area contributed by atoms with Gasteiger partial charge in [0.15, 0.2) is 11.4 Å². The van der Waals surface area contributed by atoms with Gasteiger partial charge in [-0.1, -0.05) is 38.1 Å². The molecular weight excluding hydrogens is 332 g/mol. The molecule has 1 heterocycles. The summed E-state index contributed by atoms with van der Waals surface area (Å²) >= 11 is 0. The van der Waals surface area contributed by atoms with E-state index in [1.54, 1.807) is 6.92 Å². The van der Waals surface area contributed by atoms with Gasteiger partial charge in [0, 0.05) is 17.4 Å². The lowest BCUT2D eigenvalue weighted by Gasteiger charge is -2.39. The number of aryl methyl sites for hydroxylation is 1. The third-order valence-corrected chi connectivity index (χ3v) is 7.39. The molecule has 0 amide bonds. The molecule has 138 valence electrons. The van der Waals surface area contributed by atoms with Gasteiger partial charge in [0.1, 0.15) is 0 Å². The van der Waals surface area contributed by atoms with Crippen LogP contribution in [0.25, 0.3) is 0 Å². The predicted octanol–water partition coefficient (Wildman–Crippen LogP) is 3.08. The average Bonchev–Trinajstić information content (AvgIpc) is 2.89. The molecule has 0 unspecified atom stereocenters. The molecule has 1 saturated carbocycles. The van der Waals surface area contributed by atoms with Crippen LogP contribution in [-0.4, -0.2) is 23.3 Å². The highest BCUT2D eigenvalue weighted by molar-refractivity contribution is 5.97. The monoisotopic (exact) mass is 356 g/mol. The Morgan fingerprint density at radius 2 is 1.73 bits per heavy atom. The third kappa shape index (κ3) is 1.79. The van der Waals surface area contributed by atoms with Crippen molar-refractivity contribution < 1.29 is 23.9 Å². The van der Waals surface area contributed by atoms with Gasteiger partial charge in [0.2, 0.25) is 5.60 Å². The fourth-order valence-corrected chi connectivity index (χ4v) is 4.92. The van der Waals surface area contributed by atoms with Gasteiger partial charge >= 0.3 is 11.9 Å². The Labute approximate surface area is 153 Å². The Kier molecular flexibility index (Phi) is 3.29. The van der Waals surface area contributed by atoms with E-state index < -0.39 is 28.0 Å². The molecule has 0 spiro atoms. The van der Waals surface area contributed by atoms with Crippen molar-refractivity contribution >= 4 is 17.7 Å². The number of carbonyl (C=O) groups is 3. The van der Waals surface area contributed by atoms with Gasteiger partial charge in [0.25, 0.3) is 0 Å². The first-order valence-electron chi connectivity index (χ1n) is 9.17. The molecule has 0 N–H and O–H groups in total. The van der Waals surface area contributed by atoms with Crippen LogP contribution in [0.1, 0.15) is 58.1 Å². The lowest BCUT2D eigenvalue weighted by Crippen LogP contribution is -2.53. The summed E-state index contributed by atoms with van der Waals surface area (Å²) in [5, 5.41) is 0.